The van der Waals surface area contributed by atoms with Gasteiger partial charge in [0, 0.05) is 5.56 Å². The summed E-state index contributed by atoms with van der Waals surface area (Å²) in [5, 5.41) is 8.19. The van der Waals surface area contributed by atoms with Gasteiger partial charge in [-0.1, -0.05) is 23.5 Å². The Morgan fingerprint density at radius 3 is 2.26 bits per heavy atom. The number of hydrogen-bond donors (Lipinski definition) is 2. The fraction of sp³-hybridized carbons (Fsp3) is 0.100. The van der Waals surface area contributed by atoms with Gasteiger partial charge >= 0.3 is 6.18 Å². The molecule has 0 aliphatic rings. The van der Waals surface area contributed by atoms with Gasteiger partial charge in [0.2, 0.25) is 5.13 Å². The van der Waals surface area contributed by atoms with E-state index in [0.29, 0.717) is 10.6 Å². The molecule has 19 heavy (non-hydrogen) atoms. The van der Waals surface area contributed by atoms with Gasteiger partial charge in [-0.05, 0) is 12.1 Å². The Balaban J connectivity index is 2.28. The van der Waals surface area contributed by atoms with Gasteiger partial charge < -0.3 is 11.5 Å². The molecule has 0 unspecified atom stereocenters. The minimum absolute atomic E-state index is 0.157. The number of guanidine groups is 1. The van der Waals surface area contributed by atoms with Crippen LogP contribution in [0.5, 0.6) is 0 Å². The molecule has 2 rings (SSSR count). The van der Waals surface area contributed by atoms with Crippen LogP contribution in [0, 0.1) is 0 Å². The molecule has 0 atom stereocenters. The predicted octanol–water partition coefficient (Wildman–Crippen LogP) is 2.13. The van der Waals surface area contributed by atoms with Gasteiger partial charge in [0.1, 0.15) is 5.01 Å². The van der Waals surface area contributed by atoms with Crippen LogP contribution in [0.3, 0.4) is 0 Å². The van der Waals surface area contributed by atoms with Crippen molar-refractivity contribution in [3.8, 4) is 10.6 Å². The van der Waals surface area contributed by atoms with Crippen LogP contribution >= 0.6 is 11.3 Å². The van der Waals surface area contributed by atoms with E-state index >= 15 is 0 Å². The first kappa shape index (κ1) is 13.3. The molecule has 0 saturated carbocycles. The average molecular weight is 287 g/mol. The lowest BCUT2D eigenvalue weighted by atomic mass is 10.1. The first-order valence-electron chi connectivity index (χ1n) is 4.97. The minimum Gasteiger partial charge on any atom is -0.370 e. The van der Waals surface area contributed by atoms with E-state index in [1.165, 1.54) is 12.1 Å². The molecule has 5 nitrogen and oxygen atoms in total. The van der Waals surface area contributed by atoms with E-state index in [4.69, 9.17) is 11.5 Å². The highest BCUT2D eigenvalue weighted by molar-refractivity contribution is 7.18. The smallest absolute Gasteiger partial charge is 0.370 e. The summed E-state index contributed by atoms with van der Waals surface area (Å²) in [6.07, 6.45) is -4.36. The van der Waals surface area contributed by atoms with Crippen LogP contribution in [-0.4, -0.2) is 16.2 Å². The molecule has 1 aromatic carbocycles. The lowest BCUT2D eigenvalue weighted by Gasteiger charge is -2.05. The predicted molar refractivity (Wildman–Crippen MR) is 65.8 cm³/mol. The Morgan fingerprint density at radius 2 is 1.74 bits per heavy atom. The first-order chi connectivity index (χ1) is 8.86. The van der Waals surface area contributed by atoms with Crippen molar-refractivity contribution in [2.75, 3.05) is 0 Å². The molecule has 1 heterocycles. The van der Waals surface area contributed by atoms with Crippen molar-refractivity contribution >= 4 is 22.4 Å². The number of nitrogens with zero attached hydrogens (tertiary/aromatic N) is 3. The molecule has 0 spiro atoms. The van der Waals surface area contributed by atoms with E-state index in [-0.39, 0.29) is 11.1 Å². The SMILES string of the molecule is NC(N)=Nc1nnc(-c2ccc(C(F)(F)F)cc2)s1. The van der Waals surface area contributed by atoms with E-state index in [9.17, 15) is 13.2 Å². The van der Waals surface area contributed by atoms with Crippen molar-refractivity contribution in [1.29, 1.82) is 0 Å². The van der Waals surface area contributed by atoms with Crippen molar-refractivity contribution in [2.45, 2.75) is 6.18 Å². The summed E-state index contributed by atoms with van der Waals surface area (Å²) in [4.78, 5) is 3.70. The second-order valence-electron chi connectivity index (χ2n) is 3.50. The molecule has 0 aliphatic carbocycles. The maximum absolute atomic E-state index is 12.4. The van der Waals surface area contributed by atoms with Gasteiger partial charge in [-0.2, -0.15) is 18.2 Å². The average Bonchev–Trinajstić information content (AvgIpc) is 2.75. The van der Waals surface area contributed by atoms with Crippen LogP contribution in [-0.2, 0) is 6.18 Å². The summed E-state index contributed by atoms with van der Waals surface area (Å²) >= 11 is 1.08. The highest BCUT2D eigenvalue weighted by atomic mass is 32.1. The minimum atomic E-state index is -4.36. The van der Waals surface area contributed by atoms with E-state index in [0.717, 1.165) is 23.5 Å². The van der Waals surface area contributed by atoms with Crippen molar-refractivity contribution < 1.29 is 13.2 Å². The summed E-state index contributed by atoms with van der Waals surface area (Å²) in [5.41, 5.74) is 10.2. The second kappa shape index (κ2) is 4.84. The molecule has 0 fully saturated rings. The zero-order valence-electron chi connectivity index (χ0n) is 9.35. The molecule has 0 radical (unpaired) electrons. The summed E-state index contributed by atoms with van der Waals surface area (Å²) < 4.78 is 37.2. The lowest BCUT2D eigenvalue weighted by Crippen LogP contribution is -2.21. The quantitative estimate of drug-likeness (QED) is 0.654. The topological polar surface area (TPSA) is 90.2 Å². The van der Waals surface area contributed by atoms with Crippen molar-refractivity contribution in [2.24, 2.45) is 16.5 Å². The fourth-order valence-electron chi connectivity index (χ4n) is 1.29. The van der Waals surface area contributed by atoms with E-state index in [1.54, 1.807) is 0 Å². The summed E-state index contributed by atoms with van der Waals surface area (Å²) in [6.45, 7) is 0. The third kappa shape index (κ3) is 3.19. The maximum Gasteiger partial charge on any atom is 0.416 e. The molecule has 100 valence electrons. The fourth-order valence-corrected chi connectivity index (χ4v) is 2.03. The van der Waals surface area contributed by atoms with E-state index in [2.05, 4.69) is 15.2 Å². The van der Waals surface area contributed by atoms with Crippen molar-refractivity contribution in [1.82, 2.24) is 10.2 Å². The highest BCUT2D eigenvalue weighted by Gasteiger charge is 2.30. The Labute approximate surface area is 109 Å². The Hall–Kier alpha value is -2.16. The number of nitrogens with two attached hydrogens (primary N) is 2. The normalized spacial score (nSPS) is 11.3. The number of aromatic nitrogens is 2. The van der Waals surface area contributed by atoms with Crippen LogP contribution in [0.25, 0.3) is 10.6 Å². The Kier molecular flexibility index (Phi) is 3.38. The number of benzene rings is 1. The van der Waals surface area contributed by atoms with Crippen LogP contribution < -0.4 is 11.5 Å². The molecule has 1 aromatic heterocycles. The standard InChI is InChI=1S/C10H8F3N5S/c11-10(12,13)6-3-1-5(2-4-6)7-17-18-9(19-7)16-8(14)15/h1-4H,(H4,14,15,16,18). The molecule has 4 N–H and O–H groups in total. The molecule has 0 aliphatic heterocycles. The number of rotatable bonds is 2. The molecule has 9 heteroatoms. The van der Waals surface area contributed by atoms with Gasteiger partial charge in [-0.15, -0.1) is 10.2 Å². The van der Waals surface area contributed by atoms with Crippen molar-refractivity contribution in [3.63, 3.8) is 0 Å². The van der Waals surface area contributed by atoms with Crippen LogP contribution in [0.2, 0.25) is 0 Å². The maximum atomic E-state index is 12.4. The van der Waals surface area contributed by atoms with E-state index < -0.39 is 11.7 Å². The number of halogens is 3. The first-order valence-corrected chi connectivity index (χ1v) is 5.78. The Morgan fingerprint density at radius 1 is 1.11 bits per heavy atom. The van der Waals surface area contributed by atoms with Crippen LogP contribution in [0.1, 0.15) is 5.56 Å². The largest absolute Gasteiger partial charge is 0.416 e. The lowest BCUT2D eigenvalue weighted by molar-refractivity contribution is -0.137. The number of hydrogen-bond acceptors (Lipinski definition) is 4. The number of aliphatic imine (C=N–C) groups is 1. The molecular formula is C10H8F3N5S. The highest BCUT2D eigenvalue weighted by Crippen LogP contribution is 2.32. The molecule has 0 bridgehead atoms. The van der Waals surface area contributed by atoms with Gasteiger partial charge in [0.05, 0.1) is 5.56 Å². The molecule has 0 amide bonds. The van der Waals surface area contributed by atoms with Gasteiger partial charge in [-0.25, -0.2) is 0 Å². The van der Waals surface area contributed by atoms with Crippen LogP contribution in [0.15, 0.2) is 29.3 Å². The zero-order valence-corrected chi connectivity index (χ0v) is 10.2. The van der Waals surface area contributed by atoms with Crippen molar-refractivity contribution in [3.05, 3.63) is 29.8 Å². The summed E-state index contributed by atoms with van der Waals surface area (Å²) in [5.74, 6) is -0.157. The van der Waals surface area contributed by atoms with Gasteiger partial charge in [0.25, 0.3) is 0 Å². The number of alkyl halides is 3. The second-order valence-corrected chi connectivity index (χ2v) is 4.46. The Bertz CT molecular complexity index is 598. The third-order valence-corrected chi connectivity index (χ3v) is 2.96. The summed E-state index contributed by atoms with van der Waals surface area (Å²) in [6, 6.07) is 4.61. The summed E-state index contributed by atoms with van der Waals surface area (Å²) in [7, 11) is 0. The zero-order chi connectivity index (χ0) is 14.0. The molecular weight excluding hydrogens is 279 g/mol. The third-order valence-electron chi connectivity index (χ3n) is 2.10. The molecule has 0 saturated heterocycles. The van der Waals surface area contributed by atoms with Gasteiger partial charge in [0.15, 0.2) is 5.96 Å². The van der Waals surface area contributed by atoms with Crippen LogP contribution in [0.4, 0.5) is 18.3 Å². The molecule has 2 aromatic rings. The monoisotopic (exact) mass is 287 g/mol. The van der Waals surface area contributed by atoms with E-state index in [1.807, 2.05) is 0 Å². The van der Waals surface area contributed by atoms with Gasteiger partial charge in [-0.3, -0.25) is 0 Å².